The van der Waals surface area contributed by atoms with E-state index in [0.717, 1.165) is 25.8 Å². The number of fused-ring (bicyclic) bond motifs is 2. The van der Waals surface area contributed by atoms with E-state index in [0.29, 0.717) is 12.0 Å². The Hall–Kier alpha value is -1.35. The van der Waals surface area contributed by atoms with Crippen LogP contribution in [0.4, 0.5) is 0 Å². The van der Waals surface area contributed by atoms with E-state index in [1.807, 2.05) is 27.7 Å². The summed E-state index contributed by atoms with van der Waals surface area (Å²) >= 11 is 0. The van der Waals surface area contributed by atoms with Gasteiger partial charge in [0.25, 0.3) is 0 Å². The number of carboxylic acids is 1. The Kier molecular flexibility index (Phi) is 7.44. The van der Waals surface area contributed by atoms with E-state index >= 15 is 0 Å². The summed E-state index contributed by atoms with van der Waals surface area (Å²) in [7, 11) is 0. The molecule has 3 atom stereocenters. The van der Waals surface area contributed by atoms with Gasteiger partial charge in [0.05, 0.1) is 12.6 Å². The van der Waals surface area contributed by atoms with Crippen LogP contribution < -0.4 is 5.32 Å². The fourth-order valence-corrected chi connectivity index (χ4v) is 3.35. The zero-order valence-corrected chi connectivity index (χ0v) is 13.8. The largest absolute Gasteiger partial charge is 0.481 e. The number of rotatable bonds is 1. The van der Waals surface area contributed by atoms with Gasteiger partial charge in [-0.15, -0.1) is 0 Å². The quantitative estimate of drug-likeness (QED) is 0.835. The maximum absolute atomic E-state index is 11.1. The molecule has 0 aromatic heterocycles. The minimum atomic E-state index is -0.626. The van der Waals surface area contributed by atoms with Gasteiger partial charge in [0.2, 0.25) is 0 Å². The molecule has 21 heavy (non-hydrogen) atoms. The van der Waals surface area contributed by atoms with E-state index in [1.165, 1.54) is 11.1 Å². The average molecular weight is 292 g/mol. The smallest absolute Gasteiger partial charge is 0.312 e. The molecule has 1 fully saturated rings. The third kappa shape index (κ3) is 4.31. The lowest BCUT2D eigenvalue weighted by Crippen LogP contribution is -2.95. The molecule has 1 aliphatic carbocycles. The molecule has 3 heteroatoms. The van der Waals surface area contributed by atoms with Crippen LogP contribution in [0.3, 0.4) is 0 Å². The normalized spacial score (nSPS) is 26.0. The molecule has 0 bridgehead atoms. The predicted octanol–water partition coefficient (Wildman–Crippen LogP) is 2.49. The summed E-state index contributed by atoms with van der Waals surface area (Å²) in [6, 6.07) is 9.18. The molecule has 0 radical (unpaired) electrons. The third-order valence-corrected chi connectivity index (χ3v) is 4.32. The van der Waals surface area contributed by atoms with Crippen molar-refractivity contribution in [3.05, 3.63) is 35.4 Å². The summed E-state index contributed by atoms with van der Waals surface area (Å²) in [5.41, 5.74) is 2.88. The molecule has 1 saturated heterocycles. The number of benzene rings is 1. The predicted molar refractivity (Wildman–Crippen MR) is 86.4 cm³/mol. The minimum Gasteiger partial charge on any atom is -0.481 e. The van der Waals surface area contributed by atoms with Crippen molar-refractivity contribution < 1.29 is 15.2 Å². The molecule has 2 aliphatic rings. The van der Waals surface area contributed by atoms with Crippen molar-refractivity contribution in [3.8, 4) is 0 Å². The first-order valence-corrected chi connectivity index (χ1v) is 8.37. The monoisotopic (exact) mass is 292 g/mol. The van der Waals surface area contributed by atoms with Gasteiger partial charge in [-0.3, -0.25) is 4.79 Å². The maximum atomic E-state index is 11.1. The lowest BCUT2D eigenvalue weighted by atomic mass is 9.73. The second-order valence-electron chi connectivity index (χ2n) is 5.34. The van der Waals surface area contributed by atoms with Crippen LogP contribution in [0.2, 0.25) is 0 Å². The number of nitrogens with two attached hydrogens (primary N) is 1. The van der Waals surface area contributed by atoms with Crippen molar-refractivity contribution in [1.29, 1.82) is 0 Å². The first kappa shape index (κ1) is 17.7. The van der Waals surface area contributed by atoms with E-state index in [2.05, 4.69) is 29.6 Å². The van der Waals surface area contributed by atoms with Gasteiger partial charge in [-0.05, 0) is 24.0 Å². The molecule has 1 heterocycles. The van der Waals surface area contributed by atoms with Crippen molar-refractivity contribution in [1.82, 2.24) is 0 Å². The number of quaternary nitrogens is 1. The van der Waals surface area contributed by atoms with Gasteiger partial charge >= 0.3 is 5.97 Å². The topological polar surface area (TPSA) is 53.9 Å². The Balaban J connectivity index is 0.000000510. The Morgan fingerprint density at radius 2 is 1.67 bits per heavy atom. The molecule has 0 amide bonds. The summed E-state index contributed by atoms with van der Waals surface area (Å²) < 4.78 is 0. The number of aliphatic carboxylic acids is 1. The van der Waals surface area contributed by atoms with Crippen LogP contribution in [-0.2, 0) is 17.6 Å². The van der Waals surface area contributed by atoms with E-state index in [1.54, 1.807) is 0 Å². The van der Waals surface area contributed by atoms with E-state index in [9.17, 15) is 4.79 Å². The van der Waals surface area contributed by atoms with Gasteiger partial charge in [0.15, 0.2) is 0 Å². The van der Waals surface area contributed by atoms with Crippen LogP contribution in [0, 0.1) is 11.8 Å². The molecule has 0 saturated carbocycles. The fourth-order valence-electron chi connectivity index (χ4n) is 3.35. The van der Waals surface area contributed by atoms with Gasteiger partial charge in [-0.2, -0.15) is 0 Å². The summed E-state index contributed by atoms with van der Waals surface area (Å²) in [5.74, 6) is -0.236. The van der Waals surface area contributed by atoms with Gasteiger partial charge in [0.1, 0.15) is 5.92 Å². The second-order valence-corrected chi connectivity index (χ2v) is 5.34. The first-order chi connectivity index (χ1) is 10.2. The summed E-state index contributed by atoms with van der Waals surface area (Å²) in [5, 5.41) is 11.4. The molecular weight excluding hydrogens is 262 g/mol. The van der Waals surface area contributed by atoms with Crippen LogP contribution in [0.5, 0.6) is 0 Å². The maximum Gasteiger partial charge on any atom is 0.312 e. The number of piperidine rings is 1. The van der Waals surface area contributed by atoms with Crippen LogP contribution in [0.25, 0.3) is 0 Å². The molecule has 1 aliphatic heterocycles. The van der Waals surface area contributed by atoms with Crippen LogP contribution in [-0.4, -0.2) is 23.7 Å². The zero-order valence-electron chi connectivity index (χ0n) is 13.8. The molecule has 3 nitrogen and oxygen atoms in total. The molecule has 0 spiro atoms. The van der Waals surface area contributed by atoms with Gasteiger partial charge in [-0.25, -0.2) is 0 Å². The number of carboxylic acid groups (broad SMARTS) is 1. The highest BCUT2D eigenvalue weighted by Gasteiger charge is 2.39. The van der Waals surface area contributed by atoms with Crippen molar-refractivity contribution in [2.75, 3.05) is 6.54 Å². The fraction of sp³-hybridized carbons (Fsp3) is 0.611. The van der Waals surface area contributed by atoms with E-state index < -0.39 is 5.97 Å². The van der Waals surface area contributed by atoms with E-state index in [-0.39, 0.29) is 5.92 Å². The molecule has 3 N–H and O–H groups in total. The van der Waals surface area contributed by atoms with Crippen LogP contribution in [0.1, 0.15) is 45.2 Å². The highest BCUT2D eigenvalue weighted by atomic mass is 16.4. The molecule has 1 aromatic rings. The third-order valence-electron chi connectivity index (χ3n) is 4.32. The van der Waals surface area contributed by atoms with Crippen molar-refractivity contribution in [3.63, 3.8) is 0 Å². The molecule has 3 rings (SSSR count). The van der Waals surface area contributed by atoms with Crippen LogP contribution in [0.15, 0.2) is 24.3 Å². The Morgan fingerprint density at radius 1 is 1.10 bits per heavy atom. The molecule has 1 aromatic carbocycles. The lowest BCUT2D eigenvalue weighted by molar-refractivity contribution is -0.709. The summed E-state index contributed by atoms with van der Waals surface area (Å²) in [4.78, 5) is 11.1. The summed E-state index contributed by atoms with van der Waals surface area (Å²) in [6.45, 7) is 8.75. The van der Waals surface area contributed by atoms with Crippen molar-refractivity contribution in [2.24, 2.45) is 11.8 Å². The highest BCUT2D eigenvalue weighted by Crippen LogP contribution is 2.30. The summed E-state index contributed by atoms with van der Waals surface area (Å²) in [6.07, 6.45) is 3.01. The van der Waals surface area contributed by atoms with Crippen molar-refractivity contribution in [2.45, 2.75) is 53.0 Å². The Morgan fingerprint density at radius 3 is 2.24 bits per heavy atom. The zero-order chi connectivity index (χ0) is 15.8. The van der Waals surface area contributed by atoms with Gasteiger partial charge in [0, 0.05) is 12.3 Å². The SMILES string of the molecule is CC.CC.O=C(O)[C@H]1C[NH2+][C@@H]2Cc3ccccc3C[C@H]2C1. The van der Waals surface area contributed by atoms with Crippen LogP contribution >= 0.6 is 0 Å². The standard InChI is InChI=1S/C14H17NO2.2C2H6/c16-14(17)12-6-11-5-9-3-1-2-4-10(9)7-13(11)15-8-12;2*1-2/h1-4,11-13,15H,5-8H2,(H,16,17);2*1-2H3/p+1/t11-,12+,13+;;/m0../s1. The van der Waals surface area contributed by atoms with Gasteiger partial charge in [-0.1, -0.05) is 52.0 Å². The first-order valence-electron chi connectivity index (χ1n) is 8.37. The highest BCUT2D eigenvalue weighted by molar-refractivity contribution is 5.70. The van der Waals surface area contributed by atoms with Crippen molar-refractivity contribution >= 4 is 5.97 Å². The average Bonchev–Trinajstić information content (AvgIpc) is 2.56. The number of carbonyl (C=O) groups is 1. The van der Waals surface area contributed by atoms with E-state index in [4.69, 9.17) is 5.11 Å². The Labute approximate surface area is 128 Å². The number of hydrogen-bond donors (Lipinski definition) is 2. The number of hydrogen-bond acceptors (Lipinski definition) is 1. The molecule has 0 unspecified atom stereocenters. The second kappa shape index (κ2) is 8.83. The minimum absolute atomic E-state index is 0.151. The molecular formula is C18H30NO2+. The van der Waals surface area contributed by atoms with Gasteiger partial charge < -0.3 is 10.4 Å². The molecule has 118 valence electrons. The Bertz CT molecular complexity index is 445. The lowest BCUT2D eigenvalue weighted by Gasteiger charge is -2.36.